The van der Waals surface area contributed by atoms with Gasteiger partial charge in [0.1, 0.15) is 5.02 Å². The van der Waals surface area contributed by atoms with Gasteiger partial charge in [0.15, 0.2) is 6.10 Å². The lowest BCUT2D eigenvalue weighted by molar-refractivity contribution is -0.189. The zero-order valence-electron chi connectivity index (χ0n) is 10.3. The van der Waals surface area contributed by atoms with Gasteiger partial charge in [-0.1, -0.05) is 11.6 Å². The molecular weight excluding hydrogens is 281 g/mol. The number of nitrogens with zero attached hydrogens (tertiary/aromatic N) is 1. The second-order valence-corrected chi connectivity index (χ2v) is 4.99. The van der Waals surface area contributed by atoms with Gasteiger partial charge < -0.3 is 10.1 Å². The number of aromatic nitrogens is 1. The van der Waals surface area contributed by atoms with Crippen molar-refractivity contribution < 1.29 is 17.9 Å². The third-order valence-corrected chi connectivity index (χ3v) is 3.06. The smallest absolute Gasteiger partial charge is 0.425 e. The molecule has 0 saturated heterocycles. The van der Waals surface area contributed by atoms with Gasteiger partial charge in [-0.2, -0.15) is 13.2 Å². The maximum atomic E-state index is 12.4. The molecule has 1 N–H and O–H groups in total. The van der Waals surface area contributed by atoms with Crippen LogP contribution in [0.3, 0.4) is 0 Å². The summed E-state index contributed by atoms with van der Waals surface area (Å²) in [7, 11) is 0. The van der Waals surface area contributed by atoms with Crippen LogP contribution >= 0.6 is 11.6 Å². The maximum absolute atomic E-state index is 12.4. The molecule has 106 valence electrons. The van der Waals surface area contributed by atoms with E-state index in [-0.39, 0.29) is 10.9 Å². The van der Waals surface area contributed by atoms with Crippen molar-refractivity contribution in [1.29, 1.82) is 0 Å². The Bertz CT molecular complexity index is 449. The van der Waals surface area contributed by atoms with E-state index >= 15 is 0 Å². The van der Waals surface area contributed by atoms with Gasteiger partial charge in [0.05, 0.1) is 0 Å². The summed E-state index contributed by atoms with van der Waals surface area (Å²) in [5, 5.41) is 3.35. The number of hydrogen-bond donors (Lipinski definition) is 1. The fourth-order valence-corrected chi connectivity index (χ4v) is 1.67. The zero-order valence-corrected chi connectivity index (χ0v) is 11.1. The molecule has 0 bridgehead atoms. The van der Waals surface area contributed by atoms with Gasteiger partial charge in [0, 0.05) is 18.8 Å². The van der Waals surface area contributed by atoms with Crippen LogP contribution in [-0.4, -0.2) is 23.3 Å². The molecule has 1 heterocycles. The minimum Gasteiger partial charge on any atom is -0.464 e. The maximum Gasteiger partial charge on any atom is 0.425 e. The van der Waals surface area contributed by atoms with Gasteiger partial charge in [0.25, 0.3) is 0 Å². The summed E-state index contributed by atoms with van der Waals surface area (Å²) in [4.78, 5) is 3.84. The second kappa shape index (κ2) is 5.54. The molecule has 19 heavy (non-hydrogen) atoms. The van der Waals surface area contributed by atoms with Gasteiger partial charge in [-0.25, -0.2) is 4.98 Å². The standard InChI is InChI=1S/C12H14ClF3N2O/c1-7(12(14,15)16)19-11-10(13)4-8(6-18-11)5-17-9-2-3-9/h4,6-7,9,17H,2-3,5H2,1H3. The van der Waals surface area contributed by atoms with Gasteiger partial charge in [-0.3, -0.25) is 0 Å². The van der Waals surface area contributed by atoms with Gasteiger partial charge in [-0.05, 0) is 31.4 Å². The van der Waals surface area contributed by atoms with Crippen molar-refractivity contribution in [2.45, 2.75) is 44.6 Å². The summed E-state index contributed by atoms with van der Waals surface area (Å²) >= 11 is 5.87. The van der Waals surface area contributed by atoms with Crippen LogP contribution in [0, 0.1) is 0 Å². The Morgan fingerprint density at radius 1 is 1.53 bits per heavy atom. The number of pyridine rings is 1. The Labute approximate surface area is 114 Å². The topological polar surface area (TPSA) is 34.1 Å². The van der Waals surface area contributed by atoms with E-state index in [0.29, 0.717) is 12.6 Å². The first-order valence-corrected chi connectivity index (χ1v) is 6.35. The Morgan fingerprint density at radius 3 is 2.74 bits per heavy atom. The normalized spacial score (nSPS) is 17.3. The first-order valence-electron chi connectivity index (χ1n) is 5.97. The quantitative estimate of drug-likeness (QED) is 0.904. The minimum atomic E-state index is -4.43. The van der Waals surface area contributed by atoms with Crippen LogP contribution in [-0.2, 0) is 6.54 Å². The molecule has 0 radical (unpaired) electrons. The van der Waals surface area contributed by atoms with E-state index in [9.17, 15) is 13.2 Å². The van der Waals surface area contributed by atoms with Crippen molar-refractivity contribution in [3.05, 3.63) is 22.8 Å². The Balaban J connectivity index is 1.97. The van der Waals surface area contributed by atoms with Gasteiger partial charge in [0.2, 0.25) is 5.88 Å². The van der Waals surface area contributed by atoms with Crippen LogP contribution in [0.15, 0.2) is 12.3 Å². The van der Waals surface area contributed by atoms with E-state index in [1.807, 2.05) is 0 Å². The molecule has 1 aromatic rings. The number of hydrogen-bond acceptors (Lipinski definition) is 3. The van der Waals surface area contributed by atoms with E-state index in [1.54, 1.807) is 6.07 Å². The monoisotopic (exact) mass is 294 g/mol. The minimum absolute atomic E-state index is 0.0891. The van der Waals surface area contributed by atoms with Crippen LogP contribution in [0.1, 0.15) is 25.3 Å². The van der Waals surface area contributed by atoms with E-state index in [1.165, 1.54) is 6.20 Å². The van der Waals surface area contributed by atoms with Crippen molar-refractivity contribution in [3.8, 4) is 5.88 Å². The Hall–Kier alpha value is -1.01. The first-order chi connectivity index (χ1) is 8.86. The highest BCUT2D eigenvalue weighted by molar-refractivity contribution is 6.31. The molecule has 1 aliphatic carbocycles. The van der Waals surface area contributed by atoms with Crippen LogP contribution in [0.5, 0.6) is 5.88 Å². The molecule has 0 amide bonds. The van der Waals surface area contributed by atoms with Gasteiger partial charge in [-0.15, -0.1) is 0 Å². The van der Waals surface area contributed by atoms with Crippen LogP contribution < -0.4 is 10.1 Å². The van der Waals surface area contributed by atoms with Crippen molar-refractivity contribution >= 4 is 11.6 Å². The summed E-state index contributed by atoms with van der Waals surface area (Å²) in [6.45, 7) is 1.52. The number of rotatable bonds is 5. The lowest BCUT2D eigenvalue weighted by Gasteiger charge is -2.17. The summed E-state index contributed by atoms with van der Waals surface area (Å²) in [5.41, 5.74) is 0.823. The Kier molecular flexibility index (Phi) is 4.20. The largest absolute Gasteiger partial charge is 0.464 e. The Morgan fingerprint density at radius 2 is 2.21 bits per heavy atom. The summed E-state index contributed by atoms with van der Waals surface area (Å²) in [5.74, 6) is -0.193. The average Bonchev–Trinajstić information content (AvgIpc) is 3.12. The van der Waals surface area contributed by atoms with Crippen LogP contribution in [0.25, 0.3) is 0 Å². The molecule has 3 nitrogen and oxygen atoms in total. The van der Waals surface area contributed by atoms with E-state index < -0.39 is 12.3 Å². The summed E-state index contributed by atoms with van der Waals surface area (Å²) < 4.78 is 41.8. The highest BCUT2D eigenvalue weighted by atomic mass is 35.5. The predicted molar refractivity (Wildman–Crippen MR) is 65.3 cm³/mol. The number of alkyl halides is 3. The molecule has 1 fully saturated rings. The lowest BCUT2D eigenvalue weighted by atomic mass is 10.3. The highest BCUT2D eigenvalue weighted by Crippen LogP contribution is 2.29. The third kappa shape index (κ3) is 4.24. The highest BCUT2D eigenvalue weighted by Gasteiger charge is 2.38. The number of halogens is 4. The van der Waals surface area contributed by atoms with E-state index in [4.69, 9.17) is 16.3 Å². The molecule has 1 saturated carbocycles. The SMILES string of the molecule is CC(Oc1ncc(CNC2CC2)cc1Cl)C(F)(F)F. The van der Waals surface area contributed by atoms with E-state index in [2.05, 4.69) is 10.3 Å². The average molecular weight is 295 g/mol. The molecule has 0 aromatic carbocycles. The number of ether oxygens (including phenoxy) is 1. The molecule has 7 heteroatoms. The number of nitrogens with one attached hydrogen (secondary N) is 1. The van der Waals surface area contributed by atoms with Crippen LogP contribution in [0.4, 0.5) is 13.2 Å². The fraction of sp³-hybridized carbons (Fsp3) is 0.583. The molecule has 0 spiro atoms. The lowest BCUT2D eigenvalue weighted by Crippen LogP contribution is -2.31. The van der Waals surface area contributed by atoms with Crippen molar-refractivity contribution in [2.75, 3.05) is 0 Å². The molecule has 2 rings (SSSR count). The van der Waals surface area contributed by atoms with E-state index in [0.717, 1.165) is 25.3 Å². The molecule has 1 atom stereocenters. The molecule has 1 aliphatic rings. The van der Waals surface area contributed by atoms with Crippen molar-refractivity contribution in [1.82, 2.24) is 10.3 Å². The van der Waals surface area contributed by atoms with Crippen molar-refractivity contribution in [2.24, 2.45) is 0 Å². The molecule has 1 aromatic heterocycles. The van der Waals surface area contributed by atoms with Crippen LogP contribution in [0.2, 0.25) is 5.02 Å². The molecular formula is C12H14ClF3N2O. The zero-order chi connectivity index (χ0) is 14.0. The van der Waals surface area contributed by atoms with Crippen molar-refractivity contribution in [3.63, 3.8) is 0 Å². The summed E-state index contributed by atoms with van der Waals surface area (Å²) in [6, 6.07) is 2.11. The predicted octanol–water partition coefficient (Wildman–Crippen LogP) is 3.32. The third-order valence-electron chi connectivity index (χ3n) is 2.79. The first kappa shape index (κ1) is 14.4. The molecule has 0 aliphatic heterocycles. The second-order valence-electron chi connectivity index (χ2n) is 4.59. The fourth-order valence-electron chi connectivity index (χ4n) is 1.43. The summed E-state index contributed by atoms with van der Waals surface area (Å²) in [6.07, 6.45) is -2.58. The molecule has 1 unspecified atom stereocenters. The van der Waals surface area contributed by atoms with Gasteiger partial charge >= 0.3 is 6.18 Å².